The fourth-order valence-electron chi connectivity index (χ4n) is 2.29. The maximum Gasteiger partial charge on any atom is 0.269 e. The third kappa shape index (κ3) is 4.12. The van der Waals surface area contributed by atoms with Crippen LogP contribution in [-0.4, -0.2) is 28.5 Å². The minimum Gasteiger partial charge on any atom is -0.398 e. The molecule has 0 saturated carbocycles. The van der Waals surface area contributed by atoms with Gasteiger partial charge in [-0.1, -0.05) is 6.07 Å². The van der Waals surface area contributed by atoms with Crippen molar-refractivity contribution in [2.24, 2.45) is 5.73 Å². The van der Waals surface area contributed by atoms with Crippen LogP contribution in [0.3, 0.4) is 0 Å². The first-order valence-corrected chi connectivity index (χ1v) is 8.90. The van der Waals surface area contributed by atoms with Crippen LogP contribution >= 0.6 is 0 Å². The summed E-state index contributed by atoms with van der Waals surface area (Å²) in [6.07, 6.45) is 1.96. The molecule has 0 unspecified atom stereocenters. The van der Waals surface area contributed by atoms with E-state index < -0.39 is 44.8 Å². The molecule has 0 fully saturated rings. The van der Waals surface area contributed by atoms with Gasteiger partial charge in [0.2, 0.25) is 0 Å². The molecule has 10 heteroatoms. The number of sulfonamides is 1. The lowest BCUT2D eigenvalue weighted by molar-refractivity contribution is 0.209. The van der Waals surface area contributed by atoms with Crippen molar-refractivity contribution in [2.75, 3.05) is 18.1 Å². The van der Waals surface area contributed by atoms with E-state index in [1.165, 1.54) is 12.1 Å². The zero-order valence-electron chi connectivity index (χ0n) is 14.1. The van der Waals surface area contributed by atoms with Crippen LogP contribution < -0.4 is 10.0 Å². The highest BCUT2D eigenvalue weighted by molar-refractivity contribution is 7.92. The van der Waals surface area contributed by atoms with Gasteiger partial charge in [0.05, 0.1) is 5.69 Å². The molecule has 2 aromatic carbocycles. The largest absolute Gasteiger partial charge is 0.398 e. The van der Waals surface area contributed by atoms with Crippen LogP contribution in [0.25, 0.3) is 5.70 Å². The molecule has 6 nitrogen and oxygen atoms in total. The summed E-state index contributed by atoms with van der Waals surface area (Å²) >= 11 is 0. The van der Waals surface area contributed by atoms with Gasteiger partial charge in [0.25, 0.3) is 10.0 Å². The molecule has 0 aromatic heterocycles. The first-order valence-electron chi connectivity index (χ1n) is 7.46. The van der Waals surface area contributed by atoms with Gasteiger partial charge in [0.15, 0.2) is 5.82 Å². The standard InChI is InChI=1S/C17H16F3N3O3S/c1-26-10-23(27(24,25)16-9-11(18)5-6-13(16)19)15-4-2-3-12(17(15)20)14(22)7-8-21/h2-9,21H,10,22H2,1H3/b14-7-,21-8?. The van der Waals surface area contributed by atoms with E-state index in [9.17, 15) is 21.6 Å². The van der Waals surface area contributed by atoms with Crippen LogP contribution in [0.15, 0.2) is 47.4 Å². The van der Waals surface area contributed by atoms with Crippen LogP contribution in [0.2, 0.25) is 0 Å². The van der Waals surface area contributed by atoms with E-state index in [0.29, 0.717) is 16.4 Å². The van der Waals surface area contributed by atoms with Crippen molar-refractivity contribution in [3.05, 3.63) is 65.5 Å². The van der Waals surface area contributed by atoms with E-state index in [1.807, 2.05) is 0 Å². The fraction of sp³-hybridized carbons (Fsp3) is 0.118. The molecule has 0 aliphatic heterocycles. The van der Waals surface area contributed by atoms with Crippen LogP contribution in [-0.2, 0) is 14.8 Å². The number of nitrogens with one attached hydrogen (secondary N) is 1. The number of nitrogens with two attached hydrogens (primary N) is 1. The van der Waals surface area contributed by atoms with Gasteiger partial charge >= 0.3 is 0 Å². The van der Waals surface area contributed by atoms with Crippen LogP contribution in [0.1, 0.15) is 5.56 Å². The summed E-state index contributed by atoms with van der Waals surface area (Å²) in [6, 6.07) is 5.67. The highest BCUT2D eigenvalue weighted by Crippen LogP contribution is 2.30. The highest BCUT2D eigenvalue weighted by Gasteiger charge is 2.31. The van der Waals surface area contributed by atoms with E-state index in [0.717, 1.165) is 31.5 Å². The summed E-state index contributed by atoms with van der Waals surface area (Å²) in [4.78, 5) is -0.965. The topological polar surface area (TPSA) is 96.5 Å². The molecule has 0 aliphatic rings. The normalized spacial score (nSPS) is 12.1. The van der Waals surface area contributed by atoms with Gasteiger partial charge in [-0.05, 0) is 36.4 Å². The lowest BCUT2D eigenvalue weighted by atomic mass is 10.1. The van der Waals surface area contributed by atoms with Crippen molar-refractivity contribution in [3.63, 3.8) is 0 Å². The number of benzene rings is 2. The van der Waals surface area contributed by atoms with Crippen molar-refractivity contribution in [1.29, 1.82) is 5.41 Å². The summed E-state index contributed by atoms with van der Waals surface area (Å²) in [6.45, 7) is -0.660. The lowest BCUT2D eigenvalue weighted by Crippen LogP contribution is -2.34. The molecule has 27 heavy (non-hydrogen) atoms. The number of methoxy groups -OCH3 is 1. The molecule has 0 amide bonds. The number of hydrogen-bond acceptors (Lipinski definition) is 5. The van der Waals surface area contributed by atoms with E-state index in [4.69, 9.17) is 15.9 Å². The fourth-order valence-corrected chi connectivity index (χ4v) is 3.75. The number of ether oxygens (including phenoxy) is 1. The van der Waals surface area contributed by atoms with Gasteiger partial charge in [-0.2, -0.15) is 0 Å². The van der Waals surface area contributed by atoms with Crippen LogP contribution in [0.5, 0.6) is 0 Å². The Balaban J connectivity index is 2.68. The third-order valence-corrected chi connectivity index (χ3v) is 5.28. The number of halogens is 3. The number of anilines is 1. The van der Waals surface area contributed by atoms with Crippen molar-refractivity contribution < 1.29 is 26.3 Å². The highest BCUT2D eigenvalue weighted by atomic mass is 32.2. The molecule has 0 heterocycles. The average Bonchev–Trinajstić information content (AvgIpc) is 2.62. The summed E-state index contributed by atoms with van der Waals surface area (Å²) < 4.78 is 73.4. The number of hydrogen-bond donors (Lipinski definition) is 2. The Morgan fingerprint density at radius 3 is 2.59 bits per heavy atom. The number of nitrogens with zero attached hydrogens (tertiary/aromatic N) is 1. The van der Waals surface area contributed by atoms with Gasteiger partial charge < -0.3 is 15.9 Å². The van der Waals surface area contributed by atoms with Gasteiger partial charge in [-0.25, -0.2) is 25.9 Å². The number of allylic oxidation sites excluding steroid dienone is 1. The van der Waals surface area contributed by atoms with Gasteiger partial charge in [0.1, 0.15) is 23.3 Å². The second-order valence-corrected chi connectivity index (χ2v) is 7.10. The molecule has 0 radical (unpaired) electrons. The zero-order chi connectivity index (χ0) is 20.2. The molecule has 2 aromatic rings. The predicted octanol–water partition coefficient (Wildman–Crippen LogP) is 2.85. The van der Waals surface area contributed by atoms with Crippen molar-refractivity contribution in [3.8, 4) is 0 Å². The first kappa shape index (κ1) is 20.5. The minimum atomic E-state index is -4.70. The van der Waals surface area contributed by atoms with E-state index >= 15 is 0 Å². The maximum atomic E-state index is 14.9. The maximum absolute atomic E-state index is 14.9. The Kier molecular flexibility index (Phi) is 6.24. The number of rotatable bonds is 7. The first-order chi connectivity index (χ1) is 12.7. The molecule has 3 N–H and O–H groups in total. The Hall–Kier alpha value is -2.85. The summed E-state index contributed by atoms with van der Waals surface area (Å²) in [5.41, 5.74) is 4.93. The Morgan fingerprint density at radius 1 is 1.26 bits per heavy atom. The minimum absolute atomic E-state index is 0.115. The summed E-state index contributed by atoms with van der Waals surface area (Å²) in [5, 5.41) is 7.00. The Morgan fingerprint density at radius 2 is 1.96 bits per heavy atom. The summed E-state index contributed by atoms with van der Waals surface area (Å²) in [7, 11) is -3.54. The molecule has 2 rings (SSSR count). The smallest absolute Gasteiger partial charge is 0.269 e. The van der Waals surface area contributed by atoms with E-state index in [1.54, 1.807) is 0 Å². The third-order valence-electron chi connectivity index (χ3n) is 3.53. The van der Waals surface area contributed by atoms with Crippen molar-refractivity contribution >= 4 is 27.6 Å². The lowest BCUT2D eigenvalue weighted by Gasteiger charge is -2.25. The Bertz CT molecular complexity index is 994. The van der Waals surface area contributed by atoms with Crippen molar-refractivity contribution in [2.45, 2.75) is 4.90 Å². The van der Waals surface area contributed by atoms with Crippen molar-refractivity contribution in [1.82, 2.24) is 0 Å². The molecule has 0 saturated heterocycles. The van der Waals surface area contributed by atoms with Crippen LogP contribution in [0, 0.1) is 22.9 Å². The van der Waals surface area contributed by atoms with Gasteiger partial charge in [0, 0.05) is 24.6 Å². The molecule has 144 valence electrons. The average molecular weight is 399 g/mol. The molecular formula is C17H16F3N3O3S. The van der Waals surface area contributed by atoms with E-state index in [-0.39, 0.29) is 11.3 Å². The Labute approximate surface area is 154 Å². The zero-order valence-corrected chi connectivity index (χ0v) is 14.9. The molecule has 0 atom stereocenters. The van der Waals surface area contributed by atoms with Crippen LogP contribution in [0.4, 0.5) is 18.9 Å². The quantitative estimate of drug-likeness (QED) is 0.553. The van der Waals surface area contributed by atoms with Gasteiger partial charge in [-0.3, -0.25) is 0 Å². The monoisotopic (exact) mass is 399 g/mol. The van der Waals surface area contributed by atoms with E-state index in [2.05, 4.69) is 0 Å². The second-order valence-electron chi connectivity index (χ2n) is 5.27. The molecule has 0 bridgehead atoms. The molecule has 0 spiro atoms. The molecule has 0 aliphatic carbocycles. The summed E-state index contributed by atoms with van der Waals surface area (Å²) in [5.74, 6) is -3.19. The molecular weight excluding hydrogens is 383 g/mol. The SMILES string of the molecule is COCN(c1cccc(/C(N)=C/C=N)c1F)S(=O)(=O)c1cc(F)ccc1F. The predicted molar refractivity (Wildman–Crippen MR) is 95.2 cm³/mol. The second kappa shape index (κ2) is 8.23. The van der Waals surface area contributed by atoms with Gasteiger partial charge in [-0.15, -0.1) is 0 Å².